The Hall–Kier alpha value is -1.94. The van der Waals surface area contributed by atoms with E-state index in [-0.39, 0.29) is 18.3 Å². The van der Waals surface area contributed by atoms with E-state index in [9.17, 15) is 9.59 Å². The molecular formula is C18H22O4. The molecule has 0 N–H and O–H groups in total. The van der Waals surface area contributed by atoms with Gasteiger partial charge < -0.3 is 9.47 Å². The predicted molar refractivity (Wildman–Crippen MR) is 83.8 cm³/mol. The Balaban J connectivity index is 2.34. The number of carbonyl (C=O) groups is 2. The molecule has 0 radical (unpaired) electrons. The second kappa shape index (κ2) is 6.44. The zero-order chi connectivity index (χ0) is 16.3. The first-order chi connectivity index (χ1) is 10.4. The highest BCUT2D eigenvalue weighted by Gasteiger charge is 2.49. The lowest BCUT2D eigenvalue weighted by Gasteiger charge is -2.32. The molecule has 0 spiro atoms. The van der Waals surface area contributed by atoms with Gasteiger partial charge in [-0.15, -0.1) is 0 Å². The van der Waals surface area contributed by atoms with Crippen molar-refractivity contribution in [1.29, 1.82) is 0 Å². The fourth-order valence-corrected chi connectivity index (χ4v) is 2.66. The third-order valence-corrected chi connectivity index (χ3v) is 3.72. The molecule has 22 heavy (non-hydrogen) atoms. The SMILES string of the molecule is Cc1cccc(C)c1OC(=O)[C@]1(CC(C)C)OCC=CC1=O. The van der Waals surface area contributed by atoms with Gasteiger partial charge in [0.25, 0.3) is 0 Å². The first-order valence-corrected chi connectivity index (χ1v) is 7.50. The van der Waals surface area contributed by atoms with Crippen molar-refractivity contribution >= 4 is 11.8 Å². The number of ether oxygens (including phenoxy) is 2. The van der Waals surface area contributed by atoms with Gasteiger partial charge >= 0.3 is 5.97 Å². The van der Waals surface area contributed by atoms with Crippen molar-refractivity contribution in [2.45, 2.75) is 39.7 Å². The van der Waals surface area contributed by atoms with Crippen LogP contribution >= 0.6 is 0 Å². The molecule has 0 amide bonds. The van der Waals surface area contributed by atoms with Gasteiger partial charge in [-0.2, -0.15) is 0 Å². The largest absolute Gasteiger partial charge is 0.423 e. The molecular weight excluding hydrogens is 280 g/mol. The van der Waals surface area contributed by atoms with Crippen molar-refractivity contribution in [3.05, 3.63) is 41.5 Å². The summed E-state index contributed by atoms with van der Waals surface area (Å²) in [6, 6.07) is 5.64. The van der Waals surface area contributed by atoms with Crippen LogP contribution in [0.5, 0.6) is 5.75 Å². The first-order valence-electron chi connectivity index (χ1n) is 7.50. The molecule has 1 aliphatic rings. The zero-order valence-corrected chi connectivity index (χ0v) is 13.5. The van der Waals surface area contributed by atoms with Gasteiger partial charge in [-0.1, -0.05) is 38.1 Å². The molecule has 0 aliphatic carbocycles. The van der Waals surface area contributed by atoms with Gasteiger partial charge in [-0.25, -0.2) is 4.79 Å². The molecule has 118 valence electrons. The van der Waals surface area contributed by atoms with Crippen molar-refractivity contribution in [3.63, 3.8) is 0 Å². The smallest absolute Gasteiger partial charge is 0.352 e. The molecule has 1 heterocycles. The first kappa shape index (κ1) is 16.4. The van der Waals surface area contributed by atoms with Gasteiger partial charge in [0.05, 0.1) is 6.61 Å². The Morgan fingerprint density at radius 3 is 2.50 bits per heavy atom. The van der Waals surface area contributed by atoms with Crippen molar-refractivity contribution in [3.8, 4) is 5.75 Å². The van der Waals surface area contributed by atoms with Gasteiger partial charge in [0.1, 0.15) is 5.75 Å². The Morgan fingerprint density at radius 2 is 1.95 bits per heavy atom. The lowest BCUT2D eigenvalue weighted by Crippen LogP contribution is -2.53. The molecule has 0 saturated carbocycles. The molecule has 0 saturated heterocycles. The number of para-hydroxylation sites is 1. The van der Waals surface area contributed by atoms with Gasteiger partial charge in [-0.3, -0.25) is 4.79 Å². The molecule has 1 aliphatic heterocycles. The molecule has 2 rings (SSSR count). The fraction of sp³-hybridized carbons (Fsp3) is 0.444. The van der Waals surface area contributed by atoms with Crippen LogP contribution in [0.25, 0.3) is 0 Å². The number of aryl methyl sites for hydroxylation is 2. The average molecular weight is 302 g/mol. The molecule has 0 fully saturated rings. The van der Waals surface area contributed by atoms with E-state index in [2.05, 4.69) is 0 Å². The van der Waals surface area contributed by atoms with E-state index < -0.39 is 11.6 Å². The van der Waals surface area contributed by atoms with Gasteiger partial charge in [0, 0.05) is 0 Å². The highest BCUT2D eigenvalue weighted by atomic mass is 16.6. The summed E-state index contributed by atoms with van der Waals surface area (Å²) >= 11 is 0. The van der Waals surface area contributed by atoms with Gasteiger partial charge in [0.2, 0.25) is 5.60 Å². The van der Waals surface area contributed by atoms with Gasteiger partial charge in [-0.05, 0) is 43.4 Å². The number of carbonyl (C=O) groups excluding carboxylic acids is 2. The molecule has 0 bridgehead atoms. The number of ketones is 1. The maximum absolute atomic E-state index is 12.7. The van der Waals surface area contributed by atoms with E-state index in [1.54, 1.807) is 6.08 Å². The summed E-state index contributed by atoms with van der Waals surface area (Å²) in [7, 11) is 0. The Bertz CT molecular complexity index is 595. The summed E-state index contributed by atoms with van der Waals surface area (Å²) in [4.78, 5) is 25.1. The van der Waals surface area contributed by atoms with Crippen LogP contribution in [0.4, 0.5) is 0 Å². The Morgan fingerprint density at radius 1 is 1.32 bits per heavy atom. The molecule has 4 nitrogen and oxygen atoms in total. The van der Waals surface area contributed by atoms with Crippen molar-refractivity contribution < 1.29 is 19.1 Å². The van der Waals surface area contributed by atoms with Crippen LogP contribution in [0.15, 0.2) is 30.4 Å². The quantitative estimate of drug-likeness (QED) is 0.487. The second-order valence-electron chi connectivity index (χ2n) is 6.11. The monoisotopic (exact) mass is 302 g/mol. The number of esters is 1. The van der Waals surface area contributed by atoms with Crippen LogP contribution in [0.1, 0.15) is 31.4 Å². The molecule has 0 unspecified atom stereocenters. The standard InChI is InChI=1S/C18H22O4/c1-12(2)11-18(15(19)9-6-10-21-18)17(20)22-16-13(3)7-5-8-14(16)4/h5-9,12H,10-11H2,1-4H3/t18-/m1/s1. The molecule has 1 atom stereocenters. The minimum atomic E-state index is -1.53. The van der Waals surface area contributed by atoms with E-state index >= 15 is 0 Å². The third kappa shape index (κ3) is 3.12. The van der Waals surface area contributed by atoms with Crippen molar-refractivity contribution in [2.75, 3.05) is 6.61 Å². The van der Waals surface area contributed by atoms with E-state index in [0.29, 0.717) is 12.2 Å². The fourth-order valence-electron chi connectivity index (χ4n) is 2.66. The van der Waals surface area contributed by atoms with Crippen LogP contribution in [0.2, 0.25) is 0 Å². The van der Waals surface area contributed by atoms with Crippen LogP contribution in [-0.4, -0.2) is 24.0 Å². The second-order valence-corrected chi connectivity index (χ2v) is 6.11. The topological polar surface area (TPSA) is 52.6 Å². The summed E-state index contributed by atoms with van der Waals surface area (Å²) < 4.78 is 11.2. The van der Waals surface area contributed by atoms with Crippen LogP contribution in [-0.2, 0) is 14.3 Å². The summed E-state index contributed by atoms with van der Waals surface area (Å²) in [6.07, 6.45) is 3.34. The summed E-state index contributed by atoms with van der Waals surface area (Å²) in [5.41, 5.74) is 0.177. The average Bonchev–Trinajstić information content (AvgIpc) is 2.45. The molecule has 1 aromatic rings. The third-order valence-electron chi connectivity index (χ3n) is 3.72. The van der Waals surface area contributed by atoms with Crippen molar-refractivity contribution in [1.82, 2.24) is 0 Å². The van der Waals surface area contributed by atoms with Crippen LogP contribution < -0.4 is 4.74 Å². The molecule has 4 heteroatoms. The van der Waals surface area contributed by atoms with E-state index in [1.807, 2.05) is 45.9 Å². The summed E-state index contributed by atoms with van der Waals surface area (Å²) in [5.74, 6) is -0.348. The highest BCUT2D eigenvalue weighted by Crippen LogP contribution is 2.30. The molecule has 0 aromatic heterocycles. The number of benzene rings is 1. The lowest BCUT2D eigenvalue weighted by atomic mass is 9.86. The Kier molecular flexibility index (Phi) is 4.81. The number of rotatable bonds is 4. The van der Waals surface area contributed by atoms with Crippen LogP contribution in [0, 0.1) is 19.8 Å². The van der Waals surface area contributed by atoms with E-state index in [4.69, 9.17) is 9.47 Å². The molecule has 1 aromatic carbocycles. The number of hydrogen-bond acceptors (Lipinski definition) is 4. The number of hydrogen-bond donors (Lipinski definition) is 0. The zero-order valence-electron chi connectivity index (χ0n) is 13.5. The highest BCUT2D eigenvalue weighted by molar-refractivity contribution is 6.13. The normalized spacial score (nSPS) is 21.2. The maximum Gasteiger partial charge on any atom is 0.352 e. The van der Waals surface area contributed by atoms with Crippen LogP contribution in [0.3, 0.4) is 0 Å². The summed E-state index contributed by atoms with van der Waals surface area (Å²) in [5, 5.41) is 0. The van der Waals surface area contributed by atoms with E-state index in [0.717, 1.165) is 11.1 Å². The summed E-state index contributed by atoms with van der Waals surface area (Å²) in [6.45, 7) is 7.87. The minimum Gasteiger partial charge on any atom is -0.423 e. The lowest BCUT2D eigenvalue weighted by molar-refractivity contribution is -0.170. The van der Waals surface area contributed by atoms with E-state index in [1.165, 1.54) is 6.08 Å². The van der Waals surface area contributed by atoms with Gasteiger partial charge in [0.15, 0.2) is 5.78 Å². The predicted octanol–water partition coefficient (Wildman–Crippen LogP) is 3.15. The maximum atomic E-state index is 12.7. The minimum absolute atomic E-state index is 0.126. The van der Waals surface area contributed by atoms with Crippen molar-refractivity contribution in [2.24, 2.45) is 5.92 Å². The Labute approximate surface area is 131 Å².